The second-order valence-electron chi connectivity index (χ2n) is 11.5. The molecule has 0 saturated heterocycles. The molecule has 1 fully saturated rings. The van der Waals surface area contributed by atoms with Gasteiger partial charge in [-0.2, -0.15) is 0 Å². The summed E-state index contributed by atoms with van der Waals surface area (Å²) in [5.41, 5.74) is 3.10. The average Bonchev–Trinajstić information content (AvgIpc) is 3.57. The molecule has 1 aliphatic rings. The van der Waals surface area contributed by atoms with Crippen LogP contribution in [0, 0.1) is 6.92 Å². The van der Waals surface area contributed by atoms with Gasteiger partial charge in [-0.05, 0) is 67.3 Å². The van der Waals surface area contributed by atoms with Crippen LogP contribution in [0.5, 0.6) is 0 Å². The minimum Gasteiger partial charge on any atom is -0.352 e. The Kier molecular flexibility index (Phi) is 10.6. The lowest BCUT2D eigenvalue weighted by molar-refractivity contribution is -0.140. The first-order chi connectivity index (χ1) is 21.7. The summed E-state index contributed by atoms with van der Waals surface area (Å²) in [7, 11) is -4.16. The number of benzene rings is 4. The Morgan fingerprint density at radius 3 is 2.04 bits per heavy atom. The van der Waals surface area contributed by atoms with Crippen molar-refractivity contribution in [3.8, 4) is 0 Å². The maximum Gasteiger partial charge on any atom is 0.264 e. The molecule has 0 aromatic heterocycles. The van der Waals surface area contributed by atoms with Gasteiger partial charge < -0.3 is 10.2 Å². The predicted molar refractivity (Wildman–Crippen MR) is 178 cm³/mol. The number of nitrogens with one attached hydrogen (secondary N) is 1. The van der Waals surface area contributed by atoms with Crippen LogP contribution < -0.4 is 9.62 Å². The summed E-state index contributed by atoms with van der Waals surface area (Å²) in [6.45, 7) is 1.61. The third kappa shape index (κ3) is 8.32. The Balaban J connectivity index is 1.55. The number of aryl methyl sites for hydroxylation is 1. The minimum absolute atomic E-state index is 0.0520. The predicted octanol–water partition coefficient (Wildman–Crippen LogP) is 6.54. The van der Waals surface area contributed by atoms with Crippen molar-refractivity contribution in [1.82, 2.24) is 10.2 Å². The van der Waals surface area contributed by atoms with Crippen LogP contribution in [0.2, 0.25) is 5.02 Å². The van der Waals surface area contributed by atoms with E-state index in [0.29, 0.717) is 10.7 Å². The highest BCUT2D eigenvalue weighted by molar-refractivity contribution is 7.92. The van der Waals surface area contributed by atoms with Gasteiger partial charge in [-0.15, -0.1) is 0 Å². The maximum atomic E-state index is 14.5. The van der Waals surface area contributed by atoms with Gasteiger partial charge >= 0.3 is 0 Å². The van der Waals surface area contributed by atoms with E-state index in [-0.39, 0.29) is 29.8 Å². The van der Waals surface area contributed by atoms with Gasteiger partial charge in [-0.1, -0.05) is 103 Å². The fraction of sp³-hybridized carbons (Fsp3) is 0.278. The Morgan fingerprint density at radius 1 is 0.822 bits per heavy atom. The highest BCUT2D eigenvalue weighted by Gasteiger charge is 2.35. The molecule has 0 radical (unpaired) electrons. The normalized spacial score (nSPS) is 14.1. The molecule has 2 amide bonds. The van der Waals surface area contributed by atoms with Crippen LogP contribution in [0.15, 0.2) is 114 Å². The summed E-state index contributed by atoms with van der Waals surface area (Å²) in [6, 6.07) is 30.9. The molecule has 1 atom stereocenters. The van der Waals surface area contributed by atoms with Crippen LogP contribution >= 0.6 is 11.6 Å². The van der Waals surface area contributed by atoms with E-state index in [9.17, 15) is 18.0 Å². The van der Waals surface area contributed by atoms with E-state index < -0.39 is 28.5 Å². The van der Waals surface area contributed by atoms with Crippen LogP contribution in [-0.2, 0) is 32.6 Å². The molecular weight excluding hydrogens is 606 g/mol. The Labute approximate surface area is 270 Å². The largest absolute Gasteiger partial charge is 0.352 e. The number of hydrogen-bond donors (Lipinski definition) is 1. The Bertz CT molecular complexity index is 1680. The number of sulfonamides is 1. The number of rotatable bonds is 12. The smallest absolute Gasteiger partial charge is 0.264 e. The second-order valence-corrected chi connectivity index (χ2v) is 13.8. The van der Waals surface area contributed by atoms with Crippen molar-refractivity contribution in [2.75, 3.05) is 10.8 Å². The summed E-state index contributed by atoms with van der Waals surface area (Å²) in [5, 5.41) is 3.64. The zero-order valence-corrected chi connectivity index (χ0v) is 26.9. The number of nitrogens with zero attached hydrogens (tertiary/aromatic N) is 2. The van der Waals surface area contributed by atoms with Gasteiger partial charge in [0.2, 0.25) is 11.8 Å². The van der Waals surface area contributed by atoms with Gasteiger partial charge in [0.05, 0.1) is 10.6 Å². The zero-order chi connectivity index (χ0) is 31.8. The van der Waals surface area contributed by atoms with Crippen molar-refractivity contribution in [3.05, 3.63) is 131 Å². The lowest BCUT2D eigenvalue weighted by Crippen LogP contribution is -2.54. The van der Waals surface area contributed by atoms with Crippen LogP contribution in [-0.4, -0.2) is 43.8 Å². The fourth-order valence-corrected chi connectivity index (χ4v) is 7.23. The van der Waals surface area contributed by atoms with Crippen molar-refractivity contribution < 1.29 is 18.0 Å². The van der Waals surface area contributed by atoms with Crippen LogP contribution in [0.4, 0.5) is 5.69 Å². The van der Waals surface area contributed by atoms with Gasteiger partial charge in [0.15, 0.2) is 0 Å². The lowest BCUT2D eigenvalue weighted by atomic mass is 10.0. The van der Waals surface area contributed by atoms with Crippen molar-refractivity contribution in [2.45, 2.75) is 62.6 Å². The average molecular weight is 644 g/mol. The maximum absolute atomic E-state index is 14.5. The first-order valence-electron chi connectivity index (χ1n) is 15.2. The van der Waals surface area contributed by atoms with Gasteiger partial charge in [0, 0.05) is 24.0 Å². The van der Waals surface area contributed by atoms with E-state index in [1.807, 2.05) is 61.5 Å². The first kappa shape index (κ1) is 32.3. The fourth-order valence-electron chi connectivity index (χ4n) is 5.67. The standard InChI is InChI=1S/C36H38ClN3O4S/c1-27-16-18-29(19-17-27)25-39(34(24-28-10-4-2-5-11-28)36(42)38-31-12-8-9-13-31)35(41)26-40(32-22-20-30(37)21-23-32)45(43,44)33-14-6-3-7-15-33/h2-7,10-11,14-23,31,34H,8-9,12-13,24-26H2,1H3,(H,38,42)/t34-/m0/s1. The number of anilines is 1. The van der Waals surface area contributed by atoms with Crippen LogP contribution in [0.3, 0.4) is 0 Å². The molecule has 0 aliphatic heterocycles. The third-order valence-electron chi connectivity index (χ3n) is 8.17. The van der Waals surface area contributed by atoms with Crippen molar-refractivity contribution in [3.63, 3.8) is 0 Å². The number of halogens is 1. The number of amides is 2. The molecule has 9 heteroatoms. The molecule has 0 heterocycles. The molecule has 45 heavy (non-hydrogen) atoms. The van der Waals surface area contributed by atoms with E-state index in [1.54, 1.807) is 42.5 Å². The molecule has 4 aromatic carbocycles. The summed E-state index contributed by atoms with van der Waals surface area (Å²) in [5.74, 6) is -0.734. The van der Waals surface area contributed by atoms with Crippen molar-refractivity contribution in [2.24, 2.45) is 0 Å². The van der Waals surface area contributed by atoms with Crippen LogP contribution in [0.25, 0.3) is 0 Å². The Morgan fingerprint density at radius 2 is 1.42 bits per heavy atom. The molecule has 0 spiro atoms. The lowest BCUT2D eigenvalue weighted by Gasteiger charge is -2.34. The summed E-state index contributed by atoms with van der Waals surface area (Å²) in [4.78, 5) is 30.2. The summed E-state index contributed by atoms with van der Waals surface area (Å²) in [6.07, 6.45) is 4.18. The quantitative estimate of drug-likeness (QED) is 0.190. The molecule has 1 aliphatic carbocycles. The minimum atomic E-state index is -4.16. The molecule has 1 N–H and O–H groups in total. The first-order valence-corrected chi connectivity index (χ1v) is 17.1. The van der Waals surface area contributed by atoms with E-state index in [0.717, 1.165) is 46.7 Å². The van der Waals surface area contributed by atoms with Crippen molar-refractivity contribution in [1.29, 1.82) is 0 Å². The van der Waals surface area contributed by atoms with Crippen LogP contribution in [0.1, 0.15) is 42.4 Å². The van der Waals surface area contributed by atoms with E-state index >= 15 is 0 Å². The molecule has 4 aromatic rings. The molecule has 7 nitrogen and oxygen atoms in total. The highest BCUT2D eigenvalue weighted by atomic mass is 35.5. The van der Waals surface area contributed by atoms with Gasteiger partial charge in [0.1, 0.15) is 12.6 Å². The van der Waals surface area contributed by atoms with E-state index in [2.05, 4.69) is 5.32 Å². The monoisotopic (exact) mass is 643 g/mol. The number of hydrogen-bond acceptors (Lipinski definition) is 4. The van der Waals surface area contributed by atoms with E-state index in [4.69, 9.17) is 11.6 Å². The Hall–Kier alpha value is -4.14. The highest BCUT2D eigenvalue weighted by Crippen LogP contribution is 2.27. The molecule has 5 rings (SSSR count). The molecule has 0 bridgehead atoms. The van der Waals surface area contributed by atoms with Gasteiger partial charge in [-0.3, -0.25) is 13.9 Å². The zero-order valence-electron chi connectivity index (χ0n) is 25.3. The summed E-state index contributed by atoms with van der Waals surface area (Å²) >= 11 is 6.14. The van der Waals surface area contributed by atoms with E-state index in [1.165, 1.54) is 17.0 Å². The molecular formula is C36H38ClN3O4S. The van der Waals surface area contributed by atoms with Gasteiger partial charge in [-0.25, -0.2) is 8.42 Å². The number of carbonyl (C=O) groups is 2. The topological polar surface area (TPSA) is 86.8 Å². The SMILES string of the molecule is Cc1ccc(CN(C(=O)CN(c2ccc(Cl)cc2)S(=O)(=O)c2ccccc2)[C@@H](Cc2ccccc2)C(=O)NC2CCCC2)cc1. The molecule has 1 saturated carbocycles. The van der Waals surface area contributed by atoms with Crippen molar-refractivity contribution >= 4 is 39.1 Å². The third-order valence-corrected chi connectivity index (χ3v) is 10.2. The molecule has 0 unspecified atom stereocenters. The second kappa shape index (κ2) is 14.8. The number of carbonyl (C=O) groups excluding carboxylic acids is 2. The summed E-state index contributed by atoms with van der Waals surface area (Å²) < 4.78 is 29.2. The molecule has 234 valence electrons. The van der Waals surface area contributed by atoms with Gasteiger partial charge in [0.25, 0.3) is 10.0 Å².